The van der Waals surface area contributed by atoms with E-state index in [-0.39, 0.29) is 17.1 Å². The van der Waals surface area contributed by atoms with Crippen molar-refractivity contribution in [1.29, 1.82) is 5.26 Å². The number of nitriles is 1. The van der Waals surface area contributed by atoms with Crippen LogP contribution in [0, 0.1) is 11.3 Å². The summed E-state index contributed by atoms with van der Waals surface area (Å²) in [5.74, 6) is 0.145. The molecule has 88 valence electrons. The first-order valence-electron chi connectivity index (χ1n) is 4.92. The molecule has 0 fully saturated rings. The molecule has 0 aromatic carbocycles. The van der Waals surface area contributed by atoms with Gasteiger partial charge in [-0.05, 0) is 6.42 Å². The second-order valence-electron chi connectivity index (χ2n) is 3.45. The lowest BCUT2D eigenvalue weighted by Crippen LogP contribution is -2.17. The smallest absolute Gasteiger partial charge is 0.233 e. The molecule has 7 heteroatoms. The summed E-state index contributed by atoms with van der Waals surface area (Å²) in [5.41, 5.74) is 0.225. The van der Waals surface area contributed by atoms with Crippen LogP contribution >= 0.6 is 0 Å². The van der Waals surface area contributed by atoms with Gasteiger partial charge in [0.05, 0.1) is 5.75 Å². The summed E-state index contributed by atoms with van der Waals surface area (Å²) in [6.07, 6.45) is 2.86. The molecule has 0 atom stereocenters. The summed E-state index contributed by atoms with van der Waals surface area (Å²) in [6, 6.07) is 1.88. The molecule has 0 bridgehead atoms. The van der Waals surface area contributed by atoms with Gasteiger partial charge in [0.1, 0.15) is 11.6 Å². The van der Waals surface area contributed by atoms with E-state index in [1.165, 1.54) is 10.9 Å². The molecule has 0 aliphatic heterocycles. The summed E-state index contributed by atoms with van der Waals surface area (Å²) in [4.78, 5) is 0. The van der Waals surface area contributed by atoms with Gasteiger partial charge in [0.15, 0.2) is 5.82 Å². The molecule has 0 saturated carbocycles. The fourth-order valence-electron chi connectivity index (χ4n) is 1.18. The number of anilines is 1. The van der Waals surface area contributed by atoms with Crippen LogP contribution < -0.4 is 4.72 Å². The van der Waals surface area contributed by atoms with Gasteiger partial charge in [0, 0.05) is 13.2 Å². The van der Waals surface area contributed by atoms with Crippen LogP contribution in [0.2, 0.25) is 0 Å². The Hall–Kier alpha value is -1.55. The van der Waals surface area contributed by atoms with Gasteiger partial charge in [-0.15, -0.1) is 0 Å². The van der Waals surface area contributed by atoms with Crippen LogP contribution in [0.25, 0.3) is 0 Å². The quantitative estimate of drug-likeness (QED) is 0.828. The number of nitrogens with zero attached hydrogens (tertiary/aromatic N) is 3. The molecule has 0 amide bonds. The minimum absolute atomic E-state index is 0.0466. The van der Waals surface area contributed by atoms with Crippen molar-refractivity contribution in [2.24, 2.45) is 7.05 Å². The average molecular weight is 242 g/mol. The normalized spacial score (nSPS) is 11.1. The summed E-state index contributed by atoms with van der Waals surface area (Å²) in [6.45, 7) is 1.91. The number of nitrogens with one attached hydrogen (secondary N) is 1. The SMILES string of the molecule is CCCCS(=O)(=O)Nc1nn(C)cc1C#N. The Bertz CT molecular complexity index is 498. The van der Waals surface area contributed by atoms with Crippen LogP contribution in [-0.4, -0.2) is 24.0 Å². The highest BCUT2D eigenvalue weighted by atomic mass is 32.2. The number of aryl methyl sites for hydroxylation is 1. The number of sulfonamides is 1. The van der Waals surface area contributed by atoms with Gasteiger partial charge in [-0.3, -0.25) is 9.40 Å². The van der Waals surface area contributed by atoms with Crippen molar-refractivity contribution >= 4 is 15.8 Å². The first-order valence-corrected chi connectivity index (χ1v) is 6.58. The van der Waals surface area contributed by atoms with Gasteiger partial charge in [-0.2, -0.15) is 10.4 Å². The zero-order chi connectivity index (χ0) is 12.2. The lowest BCUT2D eigenvalue weighted by Gasteiger charge is -2.04. The molecule has 0 aliphatic rings. The molecule has 0 spiro atoms. The van der Waals surface area contributed by atoms with E-state index >= 15 is 0 Å². The average Bonchev–Trinajstić information content (AvgIpc) is 2.55. The highest BCUT2D eigenvalue weighted by Crippen LogP contribution is 2.13. The highest BCUT2D eigenvalue weighted by Gasteiger charge is 2.15. The summed E-state index contributed by atoms with van der Waals surface area (Å²) in [5, 5.41) is 12.6. The maximum absolute atomic E-state index is 11.6. The van der Waals surface area contributed by atoms with E-state index in [2.05, 4.69) is 9.82 Å². The fourth-order valence-corrected chi connectivity index (χ4v) is 2.39. The third-order valence-corrected chi connectivity index (χ3v) is 3.30. The van der Waals surface area contributed by atoms with Gasteiger partial charge in [-0.1, -0.05) is 13.3 Å². The predicted molar refractivity (Wildman–Crippen MR) is 60.2 cm³/mol. The monoisotopic (exact) mass is 242 g/mol. The number of aromatic nitrogens is 2. The van der Waals surface area contributed by atoms with Gasteiger partial charge in [0.2, 0.25) is 10.0 Å². The molecule has 1 aromatic rings. The Balaban J connectivity index is 2.84. The van der Waals surface area contributed by atoms with Crippen molar-refractivity contribution < 1.29 is 8.42 Å². The van der Waals surface area contributed by atoms with Gasteiger partial charge in [-0.25, -0.2) is 8.42 Å². The van der Waals surface area contributed by atoms with Gasteiger partial charge >= 0.3 is 0 Å². The summed E-state index contributed by atoms with van der Waals surface area (Å²) >= 11 is 0. The number of rotatable bonds is 5. The minimum atomic E-state index is -3.39. The summed E-state index contributed by atoms with van der Waals surface area (Å²) < 4.78 is 26.8. The maximum Gasteiger partial charge on any atom is 0.233 e. The molecule has 0 unspecified atom stereocenters. The second kappa shape index (κ2) is 4.99. The van der Waals surface area contributed by atoms with Crippen molar-refractivity contribution in [2.75, 3.05) is 10.5 Å². The van der Waals surface area contributed by atoms with Crippen LogP contribution in [0.1, 0.15) is 25.3 Å². The zero-order valence-corrected chi connectivity index (χ0v) is 10.1. The molecule has 16 heavy (non-hydrogen) atoms. The molecule has 1 N–H and O–H groups in total. The van der Waals surface area contributed by atoms with E-state index in [0.717, 1.165) is 6.42 Å². The first kappa shape index (κ1) is 12.5. The second-order valence-corrected chi connectivity index (χ2v) is 5.29. The lowest BCUT2D eigenvalue weighted by molar-refractivity contribution is 0.597. The lowest BCUT2D eigenvalue weighted by atomic mass is 10.4. The zero-order valence-electron chi connectivity index (χ0n) is 9.27. The third-order valence-electron chi connectivity index (χ3n) is 1.97. The van der Waals surface area contributed by atoms with Crippen molar-refractivity contribution in [3.63, 3.8) is 0 Å². The number of unbranched alkanes of at least 4 members (excludes halogenated alkanes) is 1. The Morgan fingerprint density at radius 1 is 1.62 bits per heavy atom. The molecule has 1 rings (SSSR count). The van der Waals surface area contributed by atoms with E-state index in [4.69, 9.17) is 5.26 Å². The van der Waals surface area contributed by atoms with E-state index in [0.29, 0.717) is 6.42 Å². The Labute approximate surface area is 94.9 Å². The summed E-state index contributed by atoms with van der Waals surface area (Å²) in [7, 11) is -1.76. The van der Waals surface area contributed by atoms with Crippen molar-refractivity contribution in [3.05, 3.63) is 11.8 Å². The molecular weight excluding hydrogens is 228 g/mol. The minimum Gasteiger partial charge on any atom is -0.272 e. The highest BCUT2D eigenvalue weighted by molar-refractivity contribution is 7.92. The van der Waals surface area contributed by atoms with Crippen molar-refractivity contribution in [3.8, 4) is 6.07 Å². The molecule has 0 saturated heterocycles. The maximum atomic E-state index is 11.6. The number of hydrogen-bond donors (Lipinski definition) is 1. The van der Waals surface area contributed by atoms with Crippen LogP contribution in [0.3, 0.4) is 0 Å². The topological polar surface area (TPSA) is 87.8 Å². The molecule has 6 nitrogen and oxygen atoms in total. The van der Waals surface area contributed by atoms with Gasteiger partial charge in [0.25, 0.3) is 0 Å². The molecular formula is C9H14N4O2S. The Kier molecular flexibility index (Phi) is 3.90. The van der Waals surface area contributed by atoms with E-state index < -0.39 is 10.0 Å². The molecule has 0 radical (unpaired) electrons. The van der Waals surface area contributed by atoms with E-state index in [1.54, 1.807) is 7.05 Å². The van der Waals surface area contributed by atoms with E-state index in [9.17, 15) is 8.42 Å². The standard InChI is InChI=1S/C9H14N4O2S/c1-3-4-5-16(14,15)12-9-8(6-10)7-13(2)11-9/h7H,3-5H2,1-2H3,(H,11,12). The van der Waals surface area contributed by atoms with Crippen LogP contribution in [0.4, 0.5) is 5.82 Å². The number of hydrogen-bond acceptors (Lipinski definition) is 4. The van der Waals surface area contributed by atoms with Gasteiger partial charge < -0.3 is 0 Å². The molecule has 1 aromatic heterocycles. The molecule has 1 heterocycles. The molecule has 0 aliphatic carbocycles. The Morgan fingerprint density at radius 2 is 2.31 bits per heavy atom. The Morgan fingerprint density at radius 3 is 2.88 bits per heavy atom. The van der Waals surface area contributed by atoms with E-state index in [1.807, 2.05) is 13.0 Å². The van der Waals surface area contributed by atoms with Crippen LogP contribution in [0.5, 0.6) is 0 Å². The van der Waals surface area contributed by atoms with Crippen molar-refractivity contribution in [1.82, 2.24) is 9.78 Å². The third kappa shape index (κ3) is 3.24. The van der Waals surface area contributed by atoms with Crippen LogP contribution in [-0.2, 0) is 17.1 Å². The first-order chi connectivity index (χ1) is 7.48. The predicted octanol–water partition coefficient (Wildman–Crippen LogP) is 0.834. The van der Waals surface area contributed by atoms with Crippen LogP contribution in [0.15, 0.2) is 6.20 Å². The fraction of sp³-hybridized carbons (Fsp3) is 0.556. The largest absolute Gasteiger partial charge is 0.272 e. The van der Waals surface area contributed by atoms with Crippen molar-refractivity contribution in [2.45, 2.75) is 19.8 Å².